The van der Waals surface area contributed by atoms with Gasteiger partial charge >= 0.3 is 0 Å². The van der Waals surface area contributed by atoms with E-state index in [1.165, 1.54) is 11.9 Å². The van der Waals surface area contributed by atoms with Crippen molar-refractivity contribution in [2.24, 2.45) is 0 Å². The van der Waals surface area contributed by atoms with Gasteiger partial charge in [-0.05, 0) is 36.4 Å². The molecule has 0 bridgehead atoms. The Morgan fingerprint density at radius 2 is 2.00 bits per heavy atom. The molecule has 1 aliphatic heterocycles. The summed E-state index contributed by atoms with van der Waals surface area (Å²) >= 11 is 0. The summed E-state index contributed by atoms with van der Waals surface area (Å²) in [6.07, 6.45) is 5.43. The van der Waals surface area contributed by atoms with Crippen LogP contribution in [0.1, 0.15) is 15.9 Å². The third-order valence-corrected chi connectivity index (χ3v) is 3.77. The van der Waals surface area contributed by atoms with Gasteiger partial charge in [0.1, 0.15) is 6.54 Å². The Bertz CT molecular complexity index is 870. The first kappa shape index (κ1) is 16.4. The SMILES string of the molecule is C#Cc1cccc(N(CC(=O)NC)C(=O)c2ccc3c(c2)OCO3)c1. The molecule has 25 heavy (non-hydrogen) atoms. The maximum Gasteiger partial charge on any atom is 0.258 e. The van der Waals surface area contributed by atoms with Gasteiger partial charge in [-0.3, -0.25) is 14.5 Å². The van der Waals surface area contributed by atoms with Crippen molar-refractivity contribution in [1.82, 2.24) is 5.32 Å². The van der Waals surface area contributed by atoms with Crippen LogP contribution < -0.4 is 19.7 Å². The van der Waals surface area contributed by atoms with E-state index in [2.05, 4.69) is 11.2 Å². The summed E-state index contributed by atoms with van der Waals surface area (Å²) in [6, 6.07) is 11.8. The normalized spacial score (nSPS) is 11.5. The minimum atomic E-state index is -0.337. The van der Waals surface area contributed by atoms with E-state index in [-0.39, 0.29) is 25.2 Å². The molecule has 1 aliphatic rings. The molecule has 126 valence electrons. The van der Waals surface area contributed by atoms with Crippen LogP contribution in [0.25, 0.3) is 0 Å². The van der Waals surface area contributed by atoms with E-state index in [1.54, 1.807) is 42.5 Å². The molecule has 2 aromatic carbocycles. The van der Waals surface area contributed by atoms with E-state index >= 15 is 0 Å². The second kappa shape index (κ2) is 6.97. The number of ether oxygens (including phenoxy) is 2. The van der Waals surface area contributed by atoms with Crippen LogP contribution in [-0.2, 0) is 4.79 Å². The van der Waals surface area contributed by atoms with Crippen LogP contribution in [0, 0.1) is 12.3 Å². The standard InChI is InChI=1S/C19H16N2O4/c1-3-13-5-4-6-15(9-13)21(11-18(22)20-2)19(23)14-7-8-16-17(10-14)25-12-24-16/h1,4-10H,11-12H2,2H3,(H,20,22). The predicted octanol–water partition coefficient (Wildman–Crippen LogP) is 1.79. The number of amides is 2. The monoisotopic (exact) mass is 336 g/mol. The molecule has 0 aromatic heterocycles. The number of hydrogen-bond acceptors (Lipinski definition) is 4. The number of hydrogen-bond donors (Lipinski definition) is 1. The first-order valence-electron chi connectivity index (χ1n) is 7.61. The highest BCUT2D eigenvalue weighted by Gasteiger charge is 2.23. The van der Waals surface area contributed by atoms with Gasteiger partial charge in [-0.15, -0.1) is 6.42 Å². The van der Waals surface area contributed by atoms with Crippen molar-refractivity contribution >= 4 is 17.5 Å². The molecule has 0 radical (unpaired) electrons. The molecule has 0 saturated heterocycles. The maximum atomic E-state index is 13.0. The molecule has 6 nitrogen and oxygen atoms in total. The van der Waals surface area contributed by atoms with Gasteiger partial charge < -0.3 is 14.8 Å². The van der Waals surface area contributed by atoms with Gasteiger partial charge in [0.15, 0.2) is 11.5 Å². The quantitative estimate of drug-likeness (QED) is 0.865. The third-order valence-electron chi connectivity index (χ3n) is 3.77. The minimum Gasteiger partial charge on any atom is -0.454 e. The van der Waals surface area contributed by atoms with Gasteiger partial charge in [-0.1, -0.05) is 12.0 Å². The fourth-order valence-corrected chi connectivity index (χ4v) is 2.45. The molecule has 1 N–H and O–H groups in total. The second-order valence-electron chi connectivity index (χ2n) is 5.33. The fraction of sp³-hybridized carbons (Fsp3) is 0.158. The smallest absolute Gasteiger partial charge is 0.258 e. The van der Waals surface area contributed by atoms with E-state index in [0.29, 0.717) is 28.3 Å². The van der Waals surface area contributed by atoms with E-state index in [4.69, 9.17) is 15.9 Å². The topological polar surface area (TPSA) is 67.9 Å². The average molecular weight is 336 g/mol. The van der Waals surface area contributed by atoms with Crippen molar-refractivity contribution in [2.75, 3.05) is 25.3 Å². The van der Waals surface area contributed by atoms with Crippen LogP contribution in [0.5, 0.6) is 11.5 Å². The lowest BCUT2D eigenvalue weighted by Crippen LogP contribution is -2.39. The summed E-state index contributed by atoms with van der Waals surface area (Å²) in [7, 11) is 1.52. The van der Waals surface area contributed by atoms with E-state index in [0.717, 1.165) is 0 Å². The molecule has 1 heterocycles. The van der Waals surface area contributed by atoms with Gasteiger partial charge in [0.25, 0.3) is 5.91 Å². The van der Waals surface area contributed by atoms with Crippen molar-refractivity contribution in [3.05, 3.63) is 53.6 Å². The highest BCUT2D eigenvalue weighted by Crippen LogP contribution is 2.33. The summed E-state index contributed by atoms with van der Waals surface area (Å²) in [4.78, 5) is 26.2. The second-order valence-corrected chi connectivity index (χ2v) is 5.33. The largest absolute Gasteiger partial charge is 0.454 e. The van der Waals surface area contributed by atoms with Gasteiger partial charge in [0.05, 0.1) is 0 Å². The number of terminal acetylenes is 1. The predicted molar refractivity (Wildman–Crippen MR) is 92.7 cm³/mol. The number of carbonyl (C=O) groups excluding carboxylic acids is 2. The van der Waals surface area contributed by atoms with Gasteiger partial charge in [0.2, 0.25) is 12.7 Å². The summed E-state index contributed by atoms with van der Waals surface area (Å²) in [5.74, 6) is 2.99. The van der Waals surface area contributed by atoms with Crippen LogP contribution >= 0.6 is 0 Å². The lowest BCUT2D eigenvalue weighted by atomic mass is 10.1. The Morgan fingerprint density at radius 1 is 1.20 bits per heavy atom. The highest BCUT2D eigenvalue weighted by atomic mass is 16.7. The average Bonchev–Trinajstić information content (AvgIpc) is 3.13. The molecule has 2 aromatic rings. The fourth-order valence-electron chi connectivity index (χ4n) is 2.45. The van der Waals surface area contributed by atoms with E-state index < -0.39 is 0 Å². The number of likely N-dealkylation sites (N-methyl/N-ethyl adjacent to an activating group) is 1. The van der Waals surface area contributed by atoms with Crippen molar-refractivity contribution in [1.29, 1.82) is 0 Å². The molecule has 6 heteroatoms. The zero-order valence-corrected chi connectivity index (χ0v) is 13.6. The Morgan fingerprint density at radius 3 is 2.76 bits per heavy atom. The number of benzene rings is 2. The van der Waals surface area contributed by atoms with Crippen LogP contribution in [0.3, 0.4) is 0 Å². The Labute approximate surface area is 145 Å². The first-order valence-corrected chi connectivity index (χ1v) is 7.61. The lowest BCUT2D eigenvalue weighted by Gasteiger charge is -2.22. The van der Waals surface area contributed by atoms with Crippen molar-refractivity contribution < 1.29 is 19.1 Å². The molecule has 0 unspecified atom stereocenters. The molecule has 0 spiro atoms. The third kappa shape index (κ3) is 3.40. The van der Waals surface area contributed by atoms with Gasteiger partial charge in [0, 0.05) is 23.9 Å². The van der Waals surface area contributed by atoms with E-state index in [9.17, 15) is 9.59 Å². The van der Waals surface area contributed by atoms with Gasteiger partial charge in [-0.2, -0.15) is 0 Å². The lowest BCUT2D eigenvalue weighted by molar-refractivity contribution is -0.119. The van der Waals surface area contributed by atoms with Crippen LogP contribution in [0.2, 0.25) is 0 Å². The maximum absolute atomic E-state index is 13.0. The number of rotatable bonds is 4. The van der Waals surface area contributed by atoms with Crippen molar-refractivity contribution in [3.8, 4) is 23.8 Å². The molecule has 0 fully saturated rings. The molecule has 0 atom stereocenters. The Kier molecular flexibility index (Phi) is 4.57. The first-order chi connectivity index (χ1) is 12.1. The summed E-state index contributed by atoms with van der Waals surface area (Å²) in [5.41, 5.74) is 1.55. The summed E-state index contributed by atoms with van der Waals surface area (Å²) in [6.45, 7) is -0.00303. The minimum absolute atomic E-state index is 0.124. The molecule has 0 saturated carbocycles. The van der Waals surface area contributed by atoms with Crippen LogP contribution in [0.4, 0.5) is 5.69 Å². The Balaban J connectivity index is 1.97. The number of nitrogens with zero attached hydrogens (tertiary/aromatic N) is 1. The number of anilines is 1. The van der Waals surface area contributed by atoms with Crippen LogP contribution in [-0.4, -0.2) is 32.2 Å². The van der Waals surface area contributed by atoms with E-state index in [1.807, 2.05) is 0 Å². The highest BCUT2D eigenvalue weighted by molar-refractivity contribution is 6.09. The number of carbonyl (C=O) groups is 2. The van der Waals surface area contributed by atoms with Crippen LogP contribution in [0.15, 0.2) is 42.5 Å². The summed E-state index contributed by atoms with van der Waals surface area (Å²) in [5, 5.41) is 2.52. The molecular formula is C19H16N2O4. The molecule has 2 amide bonds. The number of fused-ring (bicyclic) bond motifs is 1. The zero-order chi connectivity index (χ0) is 17.8. The molecular weight excluding hydrogens is 320 g/mol. The van der Waals surface area contributed by atoms with Crippen molar-refractivity contribution in [3.63, 3.8) is 0 Å². The summed E-state index contributed by atoms with van der Waals surface area (Å²) < 4.78 is 10.6. The molecule has 3 rings (SSSR count). The number of nitrogens with one attached hydrogen (secondary N) is 1. The zero-order valence-electron chi connectivity index (χ0n) is 13.6. The van der Waals surface area contributed by atoms with Gasteiger partial charge in [-0.25, -0.2) is 0 Å². The van der Waals surface area contributed by atoms with Crippen molar-refractivity contribution in [2.45, 2.75) is 0 Å². The molecule has 0 aliphatic carbocycles. The Hall–Kier alpha value is -3.46.